The molecule has 4 nitrogen and oxygen atoms in total. The SMILES string of the molecule is COc1ccc(CCC2(C(=O)O)CCCCC2=O)cc1. The van der Waals surface area contributed by atoms with E-state index in [4.69, 9.17) is 4.74 Å². The maximum atomic E-state index is 12.1. The van der Waals surface area contributed by atoms with E-state index in [-0.39, 0.29) is 5.78 Å². The molecule has 0 spiro atoms. The van der Waals surface area contributed by atoms with Gasteiger partial charge in [0, 0.05) is 6.42 Å². The number of hydrogen-bond acceptors (Lipinski definition) is 3. The summed E-state index contributed by atoms with van der Waals surface area (Å²) in [6.45, 7) is 0. The molecule has 0 heterocycles. The standard InChI is InChI=1S/C16H20O4/c1-20-13-7-5-12(6-8-13)9-11-16(15(18)19)10-3-2-4-14(16)17/h5-8H,2-4,9-11H2,1H3,(H,18,19). The number of carboxylic acids is 1. The van der Waals surface area contributed by atoms with Crippen LogP contribution in [0.1, 0.15) is 37.7 Å². The van der Waals surface area contributed by atoms with Gasteiger partial charge in [-0.15, -0.1) is 0 Å². The van der Waals surface area contributed by atoms with E-state index in [1.807, 2.05) is 24.3 Å². The average Bonchev–Trinajstić information content (AvgIpc) is 2.47. The van der Waals surface area contributed by atoms with Crippen molar-refractivity contribution in [3.63, 3.8) is 0 Å². The van der Waals surface area contributed by atoms with Crippen molar-refractivity contribution in [1.82, 2.24) is 0 Å². The fraction of sp³-hybridized carbons (Fsp3) is 0.500. The van der Waals surface area contributed by atoms with E-state index in [9.17, 15) is 14.7 Å². The number of benzene rings is 1. The van der Waals surface area contributed by atoms with Crippen LogP contribution in [0.5, 0.6) is 5.75 Å². The Balaban J connectivity index is 2.08. The van der Waals surface area contributed by atoms with E-state index in [1.165, 1.54) is 0 Å². The lowest BCUT2D eigenvalue weighted by atomic mass is 9.70. The van der Waals surface area contributed by atoms with Gasteiger partial charge in [-0.3, -0.25) is 9.59 Å². The highest BCUT2D eigenvalue weighted by molar-refractivity contribution is 6.03. The van der Waals surface area contributed by atoms with E-state index in [2.05, 4.69) is 0 Å². The summed E-state index contributed by atoms with van der Waals surface area (Å²) in [5.41, 5.74) is -0.136. The molecule has 1 aliphatic rings. The van der Waals surface area contributed by atoms with Crippen LogP contribution in [0.15, 0.2) is 24.3 Å². The molecule has 0 saturated heterocycles. The molecule has 1 aromatic rings. The highest BCUT2D eigenvalue weighted by atomic mass is 16.5. The van der Waals surface area contributed by atoms with Gasteiger partial charge in [0.15, 0.2) is 0 Å². The molecule has 0 aromatic heterocycles. The second kappa shape index (κ2) is 6.07. The van der Waals surface area contributed by atoms with Crippen LogP contribution in [0.2, 0.25) is 0 Å². The molecule has 1 aromatic carbocycles. The molecule has 20 heavy (non-hydrogen) atoms. The topological polar surface area (TPSA) is 63.6 Å². The summed E-state index contributed by atoms with van der Waals surface area (Å²) in [5, 5.41) is 9.48. The van der Waals surface area contributed by atoms with E-state index in [0.717, 1.165) is 24.2 Å². The maximum absolute atomic E-state index is 12.1. The Bertz CT molecular complexity index is 492. The lowest BCUT2D eigenvalue weighted by Gasteiger charge is -2.31. The number of Topliss-reactive ketones (excluding diaryl/α,β-unsaturated/α-hetero) is 1. The number of carbonyl (C=O) groups excluding carboxylic acids is 1. The molecule has 108 valence electrons. The minimum atomic E-state index is -1.17. The van der Waals surface area contributed by atoms with Crippen molar-refractivity contribution < 1.29 is 19.4 Å². The van der Waals surface area contributed by atoms with Gasteiger partial charge in [0.25, 0.3) is 0 Å². The molecule has 1 unspecified atom stereocenters. The zero-order valence-electron chi connectivity index (χ0n) is 11.7. The predicted molar refractivity (Wildman–Crippen MR) is 74.9 cm³/mol. The summed E-state index contributed by atoms with van der Waals surface area (Å²) in [4.78, 5) is 23.6. The number of methoxy groups -OCH3 is 1. The Kier molecular flexibility index (Phi) is 4.42. The average molecular weight is 276 g/mol. The summed E-state index contributed by atoms with van der Waals surface area (Å²) < 4.78 is 5.09. The lowest BCUT2D eigenvalue weighted by Crippen LogP contribution is -2.42. The Hall–Kier alpha value is -1.84. The Morgan fingerprint density at radius 2 is 2.00 bits per heavy atom. The molecule has 2 rings (SSSR count). The lowest BCUT2D eigenvalue weighted by molar-refractivity contribution is -0.157. The number of carbonyl (C=O) groups is 2. The first-order valence-electron chi connectivity index (χ1n) is 6.98. The molecule has 1 N–H and O–H groups in total. The first-order chi connectivity index (χ1) is 9.58. The van der Waals surface area contributed by atoms with Crippen LogP contribution < -0.4 is 4.74 Å². The third kappa shape index (κ3) is 2.84. The second-order valence-electron chi connectivity index (χ2n) is 5.37. The molecular formula is C16H20O4. The predicted octanol–water partition coefficient (Wildman–Crippen LogP) is 2.84. The van der Waals surface area contributed by atoms with Crippen molar-refractivity contribution in [3.05, 3.63) is 29.8 Å². The van der Waals surface area contributed by atoms with Gasteiger partial charge >= 0.3 is 5.97 Å². The van der Waals surface area contributed by atoms with Gasteiger partial charge in [-0.1, -0.05) is 18.6 Å². The van der Waals surface area contributed by atoms with Crippen molar-refractivity contribution >= 4 is 11.8 Å². The third-order valence-corrected chi connectivity index (χ3v) is 4.20. The summed E-state index contributed by atoms with van der Waals surface area (Å²) in [5.74, 6) is -0.295. The van der Waals surface area contributed by atoms with Crippen molar-refractivity contribution in [2.45, 2.75) is 38.5 Å². The first kappa shape index (κ1) is 14.6. The molecule has 1 aliphatic carbocycles. The maximum Gasteiger partial charge on any atom is 0.317 e. The number of ether oxygens (including phenoxy) is 1. The Labute approximate surface area is 118 Å². The first-order valence-corrected chi connectivity index (χ1v) is 6.98. The normalized spacial score (nSPS) is 22.6. The largest absolute Gasteiger partial charge is 0.497 e. The van der Waals surface area contributed by atoms with Crippen LogP contribution >= 0.6 is 0 Å². The van der Waals surface area contributed by atoms with E-state index >= 15 is 0 Å². The van der Waals surface area contributed by atoms with Gasteiger partial charge in [-0.2, -0.15) is 0 Å². The number of aryl methyl sites for hydroxylation is 1. The van der Waals surface area contributed by atoms with Crippen LogP contribution in [-0.2, 0) is 16.0 Å². The number of hydrogen-bond donors (Lipinski definition) is 1. The van der Waals surface area contributed by atoms with Gasteiger partial charge in [0.05, 0.1) is 7.11 Å². The van der Waals surface area contributed by atoms with Gasteiger partial charge in [-0.05, 0) is 43.4 Å². The van der Waals surface area contributed by atoms with Crippen LogP contribution in [0.3, 0.4) is 0 Å². The van der Waals surface area contributed by atoms with E-state index < -0.39 is 11.4 Å². The van der Waals surface area contributed by atoms with E-state index in [1.54, 1.807) is 7.11 Å². The smallest absolute Gasteiger partial charge is 0.317 e. The number of carboxylic acid groups (broad SMARTS) is 1. The van der Waals surface area contributed by atoms with Crippen molar-refractivity contribution in [2.75, 3.05) is 7.11 Å². The summed E-state index contributed by atoms with van der Waals surface area (Å²) in [7, 11) is 1.61. The number of ketones is 1. The van der Waals surface area contributed by atoms with Crippen LogP contribution in [0.25, 0.3) is 0 Å². The Morgan fingerprint density at radius 3 is 2.55 bits per heavy atom. The monoisotopic (exact) mass is 276 g/mol. The van der Waals surface area contributed by atoms with Gasteiger partial charge in [0.1, 0.15) is 16.9 Å². The minimum absolute atomic E-state index is 0.107. The highest BCUT2D eigenvalue weighted by Gasteiger charge is 2.46. The molecule has 0 radical (unpaired) electrons. The van der Waals surface area contributed by atoms with Crippen molar-refractivity contribution in [1.29, 1.82) is 0 Å². The molecule has 0 amide bonds. The van der Waals surface area contributed by atoms with Crippen molar-refractivity contribution in [2.24, 2.45) is 5.41 Å². The zero-order valence-corrected chi connectivity index (χ0v) is 11.7. The summed E-state index contributed by atoms with van der Waals surface area (Å²) in [6, 6.07) is 7.54. The molecular weight excluding hydrogens is 256 g/mol. The highest BCUT2D eigenvalue weighted by Crippen LogP contribution is 2.37. The number of aliphatic carboxylic acids is 1. The zero-order chi connectivity index (χ0) is 14.6. The van der Waals surface area contributed by atoms with E-state index in [0.29, 0.717) is 25.7 Å². The minimum Gasteiger partial charge on any atom is -0.497 e. The third-order valence-electron chi connectivity index (χ3n) is 4.20. The van der Waals surface area contributed by atoms with Crippen LogP contribution in [-0.4, -0.2) is 24.0 Å². The molecule has 1 saturated carbocycles. The molecule has 0 aliphatic heterocycles. The van der Waals surface area contributed by atoms with Crippen LogP contribution in [0, 0.1) is 5.41 Å². The molecule has 1 atom stereocenters. The fourth-order valence-electron chi connectivity index (χ4n) is 2.84. The quantitative estimate of drug-likeness (QED) is 0.840. The van der Waals surface area contributed by atoms with Gasteiger partial charge in [0.2, 0.25) is 0 Å². The van der Waals surface area contributed by atoms with Gasteiger partial charge < -0.3 is 9.84 Å². The second-order valence-corrected chi connectivity index (χ2v) is 5.37. The summed E-state index contributed by atoms with van der Waals surface area (Å²) in [6.07, 6.45) is 3.48. The molecule has 4 heteroatoms. The fourth-order valence-corrected chi connectivity index (χ4v) is 2.84. The van der Waals surface area contributed by atoms with Crippen LogP contribution in [0.4, 0.5) is 0 Å². The summed E-state index contributed by atoms with van der Waals surface area (Å²) >= 11 is 0. The van der Waals surface area contributed by atoms with Gasteiger partial charge in [-0.25, -0.2) is 0 Å². The number of rotatable bonds is 5. The molecule has 1 fully saturated rings. The van der Waals surface area contributed by atoms with Crippen molar-refractivity contribution in [3.8, 4) is 5.75 Å². The Morgan fingerprint density at radius 1 is 1.30 bits per heavy atom. The molecule has 0 bridgehead atoms.